The number of hydrogen-bond acceptors (Lipinski definition) is 4. The van der Waals surface area contributed by atoms with Crippen LogP contribution in [0.3, 0.4) is 0 Å². The van der Waals surface area contributed by atoms with E-state index in [0.29, 0.717) is 24.8 Å². The lowest BCUT2D eigenvalue weighted by atomic mass is 9.96. The Bertz CT molecular complexity index is 730. The molecule has 3 heterocycles. The summed E-state index contributed by atoms with van der Waals surface area (Å²) < 4.78 is 5.92. The number of thiazole rings is 1. The van der Waals surface area contributed by atoms with Crippen LogP contribution in [0.4, 0.5) is 0 Å². The van der Waals surface area contributed by atoms with Crippen LogP contribution in [0, 0.1) is 0 Å². The van der Waals surface area contributed by atoms with Crippen molar-refractivity contribution in [1.29, 1.82) is 0 Å². The monoisotopic (exact) mass is 356 g/mol. The Morgan fingerprint density at radius 3 is 2.92 bits per heavy atom. The van der Waals surface area contributed by atoms with Crippen LogP contribution in [-0.4, -0.2) is 35.7 Å². The quantitative estimate of drug-likeness (QED) is 0.638. The normalized spacial score (nSPS) is 25.3. The highest BCUT2D eigenvalue weighted by Crippen LogP contribution is 2.34. The Kier molecular flexibility index (Phi) is 4.99. The van der Waals surface area contributed by atoms with Gasteiger partial charge in [0.25, 0.3) is 0 Å². The topological polar surface area (TPSA) is 58.5 Å². The average Bonchev–Trinajstić information content (AvgIpc) is 3.37. The average molecular weight is 356 g/mol. The van der Waals surface area contributed by atoms with Gasteiger partial charge in [-0.1, -0.05) is 30.3 Å². The first-order valence-electron chi connectivity index (χ1n) is 9.02. The van der Waals surface area contributed by atoms with Crippen molar-refractivity contribution in [2.75, 3.05) is 6.54 Å². The Hall–Kier alpha value is -1.92. The SMILES string of the molecule is CCNC(=NCc1csc(-c2ccccc2)n1)NC1CC2CCC1O2. The molecule has 2 saturated heterocycles. The highest BCUT2D eigenvalue weighted by Gasteiger charge is 2.41. The van der Waals surface area contributed by atoms with Crippen LogP contribution in [0.15, 0.2) is 40.7 Å². The maximum Gasteiger partial charge on any atom is 0.191 e. The van der Waals surface area contributed by atoms with Gasteiger partial charge in [-0.15, -0.1) is 11.3 Å². The van der Waals surface area contributed by atoms with Crippen LogP contribution < -0.4 is 10.6 Å². The maximum absolute atomic E-state index is 5.92. The van der Waals surface area contributed by atoms with Crippen LogP contribution in [0.2, 0.25) is 0 Å². The lowest BCUT2D eigenvalue weighted by Crippen LogP contribution is -2.47. The summed E-state index contributed by atoms with van der Waals surface area (Å²) in [6.45, 7) is 3.52. The Morgan fingerprint density at radius 1 is 1.32 bits per heavy atom. The summed E-state index contributed by atoms with van der Waals surface area (Å²) >= 11 is 1.67. The summed E-state index contributed by atoms with van der Waals surface area (Å²) in [5.74, 6) is 0.859. The van der Waals surface area contributed by atoms with Gasteiger partial charge in [-0.25, -0.2) is 9.98 Å². The molecule has 1 aromatic heterocycles. The van der Waals surface area contributed by atoms with E-state index < -0.39 is 0 Å². The van der Waals surface area contributed by atoms with Gasteiger partial charge < -0.3 is 15.4 Å². The van der Waals surface area contributed by atoms with E-state index in [2.05, 4.69) is 35.1 Å². The Morgan fingerprint density at radius 2 is 2.20 bits per heavy atom. The third kappa shape index (κ3) is 3.85. The maximum atomic E-state index is 5.92. The van der Waals surface area contributed by atoms with Gasteiger partial charge in [-0.2, -0.15) is 0 Å². The van der Waals surface area contributed by atoms with Gasteiger partial charge >= 0.3 is 0 Å². The molecule has 5 nitrogen and oxygen atoms in total. The van der Waals surface area contributed by atoms with Gasteiger partial charge in [0.1, 0.15) is 5.01 Å². The molecule has 0 spiro atoms. The van der Waals surface area contributed by atoms with E-state index >= 15 is 0 Å². The molecule has 132 valence electrons. The first kappa shape index (κ1) is 16.5. The number of hydrogen-bond donors (Lipinski definition) is 2. The molecule has 2 fully saturated rings. The highest BCUT2D eigenvalue weighted by molar-refractivity contribution is 7.13. The summed E-state index contributed by atoms with van der Waals surface area (Å²) in [6.07, 6.45) is 4.24. The van der Waals surface area contributed by atoms with Crippen LogP contribution in [0.25, 0.3) is 10.6 Å². The van der Waals surface area contributed by atoms with Crippen molar-refractivity contribution in [3.8, 4) is 10.6 Å². The van der Waals surface area contributed by atoms with E-state index in [4.69, 9.17) is 14.7 Å². The summed E-state index contributed by atoms with van der Waals surface area (Å²) in [5.41, 5.74) is 2.16. The van der Waals surface area contributed by atoms with Crippen molar-refractivity contribution in [3.05, 3.63) is 41.4 Å². The number of guanidine groups is 1. The van der Waals surface area contributed by atoms with Gasteiger partial charge in [-0.3, -0.25) is 0 Å². The molecule has 0 saturated carbocycles. The predicted octanol–water partition coefficient (Wildman–Crippen LogP) is 3.19. The number of aromatic nitrogens is 1. The van der Waals surface area contributed by atoms with Gasteiger partial charge in [-0.05, 0) is 26.2 Å². The van der Waals surface area contributed by atoms with Crippen LogP contribution >= 0.6 is 11.3 Å². The van der Waals surface area contributed by atoms with Crippen molar-refractivity contribution in [1.82, 2.24) is 15.6 Å². The molecule has 4 rings (SSSR count). The fraction of sp³-hybridized carbons (Fsp3) is 0.474. The van der Waals surface area contributed by atoms with Gasteiger partial charge in [0.05, 0.1) is 30.5 Å². The molecule has 2 aliphatic rings. The number of aliphatic imine (C=N–C) groups is 1. The first-order valence-corrected chi connectivity index (χ1v) is 9.90. The molecule has 2 bridgehead atoms. The molecule has 0 amide bonds. The van der Waals surface area contributed by atoms with E-state index in [-0.39, 0.29) is 0 Å². The molecule has 2 aromatic rings. The fourth-order valence-electron chi connectivity index (χ4n) is 3.54. The summed E-state index contributed by atoms with van der Waals surface area (Å²) in [6, 6.07) is 10.7. The van der Waals surface area contributed by atoms with Crippen molar-refractivity contribution in [2.24, 2.45) is 4.99 Å². The van der Waals surface area contributed by atoms with Gasteiger partial charge in [0.15, 0.2) is 5.96 Å². The van der Waals surface area contributed by atoms with Crippen LogP contribution in [-0.2, 0) is 11.3 Å². The van der Waals surface area contributed by atoms with Crippen molar-refractivity contribution in [3.63, 3.8) is 0 Å². The Labute approximate surface area is 152 Å². The lowest BCUT2D eigenvalue weighted by molar-refractivity contribution is 0.0992. The standard InChI is InChI=1S/C19H24N4OS/c1-2-20-19(23-16-10-15-8-9-17(16)24-15)21-11-14-12-25-18(22-14)13-6-4-3-5-7-13/h3-7,12,15-17H,2,8-11H2,1H3,(H2,20,21,23). The molecular weight excluding hydrogens is 332 g/mol. The molecule has 6 heteroatoms. The molecule has 2 N–H and O–H groups in total. The van der Waals surface area contributed by atoms with Gasteiger partial charge in [0.2, 0.25) is 0 Å². The van der Waals surface area contributed by atoms with E-state index in [0.717, 1.165) is 41.6 Å². The van der Waals surface area contributed by atoms with Crippen LogP contribution in [0.5, 0.6) is 0 Å². The van der Waals surface area contributed by atoms with Crippen molar-refractivity contribution < 1.29 is 4.74 Å². The number of rotatable bonds is 5. The van der Waals surface area contributed by atoms with Gasteiger partial charge in [0, 0.05) is 17.5 Å². The zero-order chi connectivity index (χ0) is 17.1. The molecule has 0 radical (unpaired) electrons. The minimum absolute atomic E-state index is 0.345. The zero-order valence-electron chi connectivity index (χ0n) is 14.4. The van der Waals surface area contributed by atoms with E-state index in [1.165, 1.54) is 6.42 Å². The molecule has 25 heavy (non-hydrogen) atoms. The summed E-state index contributed by atoms with van der Waals surface area (Å²) in [4.78, 5) is 9.43. The number of ether oxygens (including phenoxy) is 1. The molecule has 1 aromatic carbocycles. The minimum Gasteiger partial charge on any atom is -0.373 e. The van der Waals surface area contributed by atoms with Crippen molar-refractivity contribution in [2.45, 2.75) is 51.0 Å². The van der Waals surface area contributed by atoms with E-state index in [9.17, 15) is 0 Å². The second-order valence-electron chi connectivity index (χ2n) is 6.57. The number of fused-ring (bicyclic) bond motifs is 2. The molecule has 0 aliphatic carbocycles. The Balaban J connectivity index is 1.40. The van der Waals surface area contributed by atoms with E-state index in [1.807, 2.05) is 18.2 Å². The molecule has 2 aliphatic heterocycles. The molecule has 3 unspecified atom stereocenters. The largest absolute Gasteiger partial charge is 0.373 e. The second-order valence-corrected chi connectivity index (χ2v) is 7.42. The zero-order valence-corrected chi connectivity index (χ0v) is 15.3. The van der Waals surface area contributed by atoms with E-state index in [1.54, 1.807) is 11.3 Å². The first-order chi connectivity index (χ1) is 12.3. The smallest absolute Gasteiger partial charge is 0.191 e. The lowest BCUT2D eigenvalue weighted by Gasteiger charge is -2.22. The highest BCUT2D eigenvalue weighted by atomic mass is 32.1. The second kappa shape index (κ2) is 7.54. The van der Waals surface area contributed by atoms with Crippen molar-refractivity contribution >= 4 is 17.3 Å². The molecule has 3 atom stereocenters. The third-order valence-corrected chi connectivity index (χ3v) is 5.68. The fourth-order valence-corrected chi connectivity index (χ4v) is 4.36. The number of benzene rings is 1. The number of nitrogens with one attached hydrogen (secondary N) is 2. The summed E-state index contributed by atoms with van der Waals surface area (Å²) in [7, 11) is 0. The third-order valence-electron chi connectivity index (χ3n) is 4.74. The molecular formula is C19H24N4OS. The minimum atomic E-state index is 0.345. The number of nitrogens with zero attached hydrogens (tertiary/aromatic N) is 2. The van der Waals surface area contributed by atoms with Crippen LogP contribution in [0.1, 0.15) is 31.9 Å². The summed E-state index contributed by atoms with van der Waals surface area (Å²) in [5, 5.41) is 10.0. The predicted molar refractivity (Wildman–Crippen MR) is 102 cm³/mol.